The van der Waals surface area contributed by atoms with E-state index in [4.69, 9.17) is 9.47 Å². The Labute approximate surface area is 159 Å². The molecule has 1 rings (SSSR count). The van der Waals surface area contributed by atoms with Crippen molar-refractivity contribution >= 4 is 5.97 Å². The quantitative estimate of drug-likeness (QED) is 0.436. The van der Waals surface area contributed by atoms with E-state index >= 15 is 0 Å². The lowest BCUT2D eigenvalue weighted by atomic mass is 9.69. The summed E-state index contributed by atoms with van der Waals surface area (Å²) < 4.78 is 11.0. The number of carbonyl (C=O) groups is 1. The molecule has 0 saturated heterocycles. The number of hydrogen-bond donors (Lipinski definition) is 0. The van der Waals surface area contributed by atoms with Gasteiger partial charge in [-0.2, -0.15) is 0 Å². The molecule has 0 amide bonds. The Bertz CT molecular complexity index is 642. The average molecular weight is 361 g/mol. The molecule has 0 bridgehead atoms. The van der Waals surface area contributed by atoms with Crippen molar-refractivity contribution in [3.8, 4) is 5.75 Å². The van der Waals surface area contributed by atoms with Crippen molar-refractivity contribution in [3.63, 3.8) is 0 Å². The van der Waals surface area contributed by atoms with Crippen LogP contribution in [0.5, 0.6) is 5.75 Å². The maximum atomic E-state index is 12.8. The van der Waals surface area contributed by atoms with Gasteiger partial charge in [0.2, 0.25) is 0 Å². The molecule has 0 aromatic heterocycles. The fourth-order valence-electron chi connectivity index (χ4n) is 2.97. The number of rotatable bonds is 6. The van der Waals surface area contributed by atoms with Crippen molar-refractivity contribution in [3.05, 3.63) is 42.0 Å². The summed E-state index contributed by atoms with van der Waals surface area (Å²) in [4.78, 5) is 12.8. The third-order valence-corrected chi connectivity index (χ3v) is 4.56. The zero-order chi connectivity index (χ0) is 20.3. The van der Waals surface area contributed by atoms with Gasteiger partial charge in [0.25, 0.3) is 0 Å². The van der Waals surface area contributed by atoms with Gasteiger partial charge in [-0.15, -0.1) is 0 Å². The predicted molar refractivity (Wildman–Crippen MR) is 109 cm³/mol. The normalized spacial score (nSPS) is 13.9. The van der Waals surface area contributed by atoms with E-state index in [2.05, 4.69) is 54.2 Å². The van der Waals surface area contributed by atoms with E-state index < -0.39 is 11.6 Å². The van der Waals surface area contributed by atoms with Gasteiger partial charge in [0.05, 0.1) is 7.11 Å². The lowest BCUT2D eigenvalue weighted by molar-refractivity contribution is 0.0171. The maximum Gasteiger partial charge on any atom is 0.342 e. The Morgan fingerprint density at radius 1 is 1.12 bits per heavy atom. The van der Waals surface area contributed by atoms with Crippen molar-refractivity contribution in [2.24, 2.45) is 10.8 Å². The van der Waals surface area contributed by atoms with Crippen molar-refractivity contribution in [2.75, 3.05) is 7.11 Å². The molecular weight excluding hydrogens is 324 g/mol. The smallest absolute Gasteiger partial charge is 0.342 e. The minimum absolute atomic E-state index is 0.0728. The number of esters is 1. The lowest BCUT2D eigenvalue weighted by Gasteiger charge is -2.36. The molecule has 3 nitrogen and oxygen atoms in total. The minimum Gasteiger partial charge on any atom is -0.496 e. The van der Waals surface area contributed by atoms with Gasteiger partial charge in [-0.3, -0.25) is 0 Å². The standard InChI is InChI=1S/C23H36O3/c1-11-23(8,9)26-20(24)17-14-16(12-13-19(17)25-10)18(22(5,6)7)15-21(2,3)4/h11-14,18H,1,15H2,2-10H3. The molecule has 0 spiro atoms. The Morgan fingerprint density at radius 3 is 2.12 bits per heavy atom. The highest BCUT2D eigenvalue weighted by Crippen LogP contribution is 2.44. The van der Waals surface area contributed by atoms with E-state index in [1.165, 1.54) is 0 Å². The van der Waals surface area contributed by atoms with Crippen molar-refractivity contribution in [1.82, 2.24) is 0 Å². The molecule has 0 fully saturated rings. The first-order valence-electron chi connectivity index (χ1n) is 9.25. The highest BCUT2D eigenvalue weighted by atomic mass is 16.6. The van der Waals surface area contributed by atoms with Gasteiger partial charge < -0.3 is 9.47 Å². The molecule has 0 N–H and O–H groups in total. The summed E-state index contributed by atoms with van der Waals surface area (Å²) in [6.07, 6.45) is 2.65. The Balaban J connectivity index is 3.37. The summed E-state index contributed by atoms with van der Waals surface area (Å²) >= 11 is 0. The molecule has 1 aromatic carbocycles. The summed E-state index contributed by atoms with van der Waals surface area (Å²) in [5.41, 5.74) is 1.12. The molecule has 146 valence electrons. The summed E-state index contributed by atoms with van der Waals surface area (Å²) in [7, 11) is 1.57. The highest BCUT2D eigenvalue weighted by Gasteiger charge is 2.32. The van der Waals surface area contributed by atoms with Gasteiger partial charge in [-0.05, 0) is 60.8 Å². The Kier molecular flexibility index (Phi) is 6.73. The SMILES string of the molecule is C=CC(C)(C)OC(=O)c1cc(C(CC(C)(C)C)C(C)(C)C)ccc1OC. The summed E-state index contributed by atoms with van der Waals surface area (Å²) in [6, 6.07) is 5.87. The molecule has 0 aliphatic carbocycles. The second-order valence-electron chi connectivity index (χ2n) is 9.84. The van der Waals surface area contributed by atoms with E-state index in [9.17, 15) is 4.79 Å². The molecule has 1 atom stereocenters. The number of methoxy groups -OCH3 is 1. The lowest BCUT2D eigenvalue weighted by Crippen LogP contribution is -2.26. The van der Waals surface area contributed by atoms with Crippen LogP contribution < -0.4 is 4.74 Å². The average Bonchev–Trinajstić information content (AvgIpc) is 2.49. The first kappa shape index (κ1) is 22.3. The van der Waals surface area contributed by atoms with Crippen molar-refractivity contribution in [2.45, 2.75) is 73.3 Å². The van der Waals surface area contributed by atoms with E-state index in [1.54, 1.807) is 13.2 Å². The topological polar surface area (TPSA) is 35.5 Å². The first-order valence-corrected chi connectivity index (χ1v) is 9.25. The third kappa shape index (κ3) is 6.19. The third-order valence-electron chi connectivity index (χ3n) is 4.56. The summed E-state index contributed by atoms with van der Waals surface area (Å²) in [5.74, 6) is 0.450. The highest BCUT2D eigenvalue weighted by molar-refractivity contribution is 5.93. The van der Waals surface area contributed by atoms with Crippen LogP contribution in [-0.2, 0) is 4.74 Å². The number of hydrogen-bond acceptors (Lipinski definition) is 3. The van der Waals surface area contributed by atoms with Gasteiger partial charge >= 0.3 is 5.97 Å². The van der Waals surface area contributed by atoms with Crippen LogP contribution in [0.3, 0.4) is 0 Å². The van der Waals surface area contributed by atoms with Crippen LogP contribution in [0.1, 0.15) is 83.7 Å². The Morgan fingerprint density at radius 2 is 1.69 bits per heavy atom. The van der Waals surface area contributed by atoms with Crippen molar-refractivity contribution in [1.29, 1.82) is 0 Å². The predicted octanol–water partition coefficient (Wildman–Crippen LogP) is 6.38. The van der Waals surface area contributed by atoms with E-state index in [1.807, 2.05) is 26.0 Å². The molecule has 0 aliphatic heterocycles. The zero-order valence-electron chi connectivity index (χ0n) is 18.0. The van der Waals surface area contributed by atoms with Crippen LogP contribution in [0.2, 0.25) is 0 Å². The van der Waals surface area contributed by atoms with E-state index in [0.717, 1.165) is 12.0 Å². The van der Waals surface area contributed by atoms with Gasteiger partial charge in [0.1, 0.15) is 16.9 Å². The number of benzene rings is 1. The van der Waals surface area contributed by atoms with Gasteiger partial charge in [0.15, 0.2) is 0 Å². The molecule has 1 unspecified atom stereocenters. The summed E-state index contributed by atoms with van der Waals surface area (Å²) in [5, 5.41) is 0. The zero-order valence-corrected chi connectivity index (χ0v) is 18.0. The maximum absolute atomic E-state index is 12.8. The van der Waals surface area contributed by atoms with Gasteiger partial charge in [-0.25, -0.2) is 4.79 Å². The molecule has 0 heterocycles. The van der Waals surface area contributed by atoms with E-state index in [0.29, 0.717) is 17.2 Å². The van der Waals surface area contributed by atoms with Crippen LogP contribution in [0.25, 0.3) is 0 Å². The minimum atomic E-state index is -0.729. The van der Waals surface area contributed by atoms with Crippen LogP contribution in [-0.4, -0.2) is 18.7 Å². The van der Waals surface area contributed by atoms with Crippen LogP contribution in [0.15, 0.2) is 30.9 Å². The molecule has 0 saturated carbocycles. The molecular formula is C23H36O3. The molecule has 0 radical (unpaired) electrons. The van der Waals surface area contributed by atoms with E-state index in [-0.39, 0.29) is 10.8 Å². The Hall–Kier alpha value is -1.77. The molecule has 0 aliphatic rings. The van der Waals surface area contributed by atoms with Gasteiger partial charge in [-0.1, -0.05) is 54.2 Å². The summed E-state index contributed by atoms with van der Waals surface area (Å²) in [6.45, 7) is 20.8. The number of carbonyl (C=O) groups excluding carboxylic acids is 1. The second kappa shape index (κ2) is 7.85. The fourth-order valence-corrected chi connectivity index (χ4v) is 2.97. The molecule has 3 heteroatoms. The van der Waals surface area contributed by atoms with Crippen molar-refractivity contribution < 1.29 is 14.3 Å². The first-order chi connectivity index (χ1) is 11.7. The monoisotopic (exact) mass is 360 g/mol. The number of ether oxygens (including phenoxy) is 2. The second-order valence-corrected chi connectivity index (χ2v) is 9.84. The van der Waals surface area contributed by atoms with Crippen LogP contribution in [0, 0.1) is 10.8 Å². The van der Waals surface area contributed by atoms with Crippen LogP contribution >= 0.6 is 0 Å². The molecule has 26 heavy (non-hydrogen) atoms. The van der Waals surface area contributed by atoms with Gasteiger partial charge in [0, 0.05) is 0 Å². The molecule has 1 aromatic rings. The fraction of sp³-hybridized carbons (Fsp3) is 0.609. The van der Waals surface area contributed by atoms with Crippen LogP contribution in [0.4, 0.5) is 0 Å². The largest absolute Gasteiger partial charge is 0.496 e.